The largest absolute Gasteiger partial charge is 0.462 e. The molecule has 0 saturated carbocycles. The smallest absolute Gasteiger partial charge is 0.306 e. The standard InChI is InChI=1S/C72H140O6/c1-4-7-10-13-16-19-22-25-28-31-33-35-37-39-41-44-47-50-53-56-59-62-65-71(74)77-68-69(67-76-70(73)64-61-58-55-52-49-46-43-30-27-24-21-18-15-12-9-6-3)78-72(75)66-63-60-57-54-51-48-45-42-40-38-36-34-32-29-26-23-20-17-14-11-8-5-2/h69H,4-68H2,1-3H3. The molecule has 0 aliphatic rings. The Morgan fingerprint density at radius 1 is 0.205 bits per heavy atom. The lowest BCUT2D eigenvalue weighted by atomic mass is 10.0. The summed E-state index contributed by atoms with van der Waals surface area (Å²) < 4.78 is 17.0. The molecule has 0 amide bonds. The fraction of sp³-hybridized carbons (Fsp3) is 0.958. The van der Waals surface area contributed by atoms with Gasteiger partial charge in [0.15, 0.2) is 6.10 Å². The van der Waals surface area contributed by atoms with Gasteiger partial charge in [-0.25, -0.2) is 0 Å². The van der Waals surface area contributed by atoms with Crippen molar-refractivity contribution in [2.24, 2.45) is 0 Å². The van der Waals surface area contributed by atoms with E-state index in [0.29, 0.717) is 19.3 Å². The van der Waals surface area contributed by atoms with Gasteiger partial charge in [0.1, 0.15) is 13.2 Å². The third-order valence-corrected chi connectivity index (χ3v) is 16.9. The first-order valence-corrected chi connectivity index (χ1v) is 36.0. The van der Waals surface area contributed by atoms with Crippen molar-refractivity contribution >= 4 is 17.9 Å². The number of carbonyl (C=O) groups excluding carboxylic acids is 3. The van der Waals surface area contributed by atoms with E-state index in [1.54, 1.807) is 0 Å². The maximum absolute atomic E-state index is 13.0. The highest BCUT2D eigenvalue weighted by Crippen LogP contribution is 2.20. The maximum Gasteiger partial charge on any atom is 0.306 e. The third kappa shape index (κ3) is 65.2. The van der Waals surface area contributed by atoms with Crippen LogP contribution in [0.3, 0.4) is 0 Å². The van der Waals surface area contributed by atoms with Gasteiger partial charge in [0.05, 0.1) is 0 Å². The molecular formula is C72H140O6. The Kier molecular flexibility index (Phi) is 66.5. The van der Waals surface area contributed by atoms with Crippen molar-refractivity contribution in [3.05, 3.63) is 0 Å². The Morgan fingerprint density at radius 2 is 0.346 bits per heavy atom. The highest BCUT2D eigenvalue weighted by molar-refractivity contribution is 5.71. The second-order valence-corrected chi connectivity index (χ2v) is 24.9. The molecule has 0 spiro atoms. The zero-order valence-corrected chi connectivity index (χ0v) is 53.5. The topological polar surface area (TPSA) is 78.9 Å². The molecule has 6 nitrogen and oxygen atoms in total. The van der Waals surface area contributed by atoms with Gasteiger partial charge < -0.3 is 14.2 Å². The van der Waals surface area contributed by atoms with Crippen LogP contribution in [0.4, 0.5) is 0 Å². The summed E-state index contributed by atoms with van der Waals surface area (Å²) in [4.78, 5) is 38.5. The van der Waals surface area contributed by atoms with E-state index in [1.165, 1.54) is 327 Å². The molecule has 464 valence electrons. The first kappa shape index (κ1) is 76.4. The lowest BCUT2D eigenvalue weighted by molar-refractivity contribution is -0.167. The van der Waals surface area contributed by atoms with Gasteiger partial charge in [-0.2, -0.15) is 0 Å². The van der Waals surface area contributed by atoms with Gasteiger partial charge in [-0.3, -0.25) is 14.4 Å². The lowest BCUT2D eigenvalue weighted by Crippen LogP contribution is -2.30. The van der Waals surface area contributed by atoms with Gasteiger partial charge in [-0.05, 0) is 19.3 Å². The van der Waals surface area contributed by atoms with Crippen LogP contribution in [-0.4, -0.2) is 37.2 Å². The van der Waals surface area contributed by atoms with Gasteiger partial charge in [0.2, 0.25) is 0 Å². The predicted molar refractivity (Wildman–Crippen MR) is 340 cm³/mol. The van der Waals surface area contributed by atoms with E-state index >= 15 is 0 Å². The van der Waals surface area contributed by atoms with Crippen LogP contribution in [0.5, 0.6) is 0 Å². The van der Waals surface area contributed by atoms with E-state index in [1.807, 2.05) is 0 Å². The lowest BCUT2D eigenvalue weighted by Gasteiger charge is -2.18. The summed E-state index contributed by atoms with van der Waals surface area (Å²) in [6, 6.07) is 0. The van der Waals surface area contributed by atoms with Gasteiger partial charge >= 0.3 is 17.9 Å². The number of hydrogen-bond acceptors (Lipinski definition) is 6. The van der Waals surface area contributed by atoms with Crippen molar-refractivity contribution in [1.29, 1.82) is 0 Å². The molecule has 0 rings (SSSR count). The van der Waals surface area contributed by atoms with Crippen LogP contribution >= 0.6 is 0 Å². The molecule has 0 aliphatic carbocycles. The number of hydrogen-bond donors (Lipinski definition) is 0. The average molecular weight is 1100 g/mol. The third-order valence-electron chi connectivity index (χ3n) is 16.9. The molecule has 0 saturated heterocycles. The monoisotopic (exact) mass is 1100 g/mol. The van der Waals surface area contributed by atoms with E-state index in [9.17, 15) is 14.4 Å². The molecule has 6 heteroatoms. The zero-order valence-electron chi connectivity index (χ0n) is 53.5. The van der Waals surface area contributed by atoms with Gasteiger partial charge in [-0.1, -0.05) is 387 Å². The summed E-state index contributed by atoms with van der Waals surface area (Å²) in [5, 5.41) is 0. The fourth-order valence-electron chi connectivity index (χ4n) is 11.5. The molecular weight excluding hydrogens is 961 g/mol. The molecule has 0 aromatic heterocycles. The zero-order chi connectivity index (χ0) is 56.4. The van der Waals surface area contributed by atoms with Crippen molar-refractivity contribution < 1.29 is 28.6 Å². The minimum absolute atomic E-state index is 0.0600. The van der Waals surface area contributed by atoms with Crippen LogP contribution in [0.1, 0.15) is 425 Å². The summed E-state index contributed by atoms with van der Waals surface area (Å²) in [6.07, 6.45) is 79.9. The van der Waals surface area contributed by atoms with E-state index in [-0.39, 0.29) is 31.1 Å². The summed E-state index contributed by atoms with van der Waals surface area (Å²) >= 11 is 0. The van der Waals surface area contributed by atoms with Crippen LogP contribution in [0, 0.1) is 0 Å². The number of unbranched alkanes of at least 4 members (excludes halogenated alkanes) is 57. The van der Waals surface area contributed by atoms with Crippen molar-refractivity contribution in [2.45, 2.75) is 431 Å². The van der Waals surface area contributed by atoms with E-state index in [4.69, 9.17) is 14.2 Å². The SMILES string of the molecule is CCCCCCCCCCCCCCCCCCCCCCCCC(=O)OCC(COC(=O)CCCCCCCCCCCCCCCCCC)OC(=O)CCCCCCCCCCCCCCCCCCCCCCCC. The quantitative estimate of drug-likeness (QED) is 0.0343. The molecule has 0 aliphatic heterocycles. The van der Waals surface area contributed by atoms with E-state index in [2.05, 4.69) is 20.8 Å². The van der Waals surface area contributed by atoms with Crippen molar-refractivity contribution in [1.82, 2.24) is 0 Å². The number of carbonyl (C=O) groups is 3. The molecule has 0 fully saturated rings. The summed E-state index contributed by atoms with van der Waals surface area (Å²) in [5.41, 5.74) is 0. The van der Waals surface area contributed by atoms with Crippen LogP contribution in [0.15, 0.2) is 0 Å². The van der Waals surface area contributed by atoms with Crippen molar-refractivity contribution in [3.63, 3.8) is 0 Å². The fourth-order valence-corrected chi connectivity index (χ4v) is 11.5. The average Bonchev–Trinajstić information content (AvgIpc) is 3.44. The Hall–Kier alpha value is -1.59. The molecule has 0 bridgehead atoms. The minimum Gasteiger partial charge on any atom is -0.462 e. The van der Waals surface area contributed by atoms with Crippen molar-refractivity contribution in [3.8, 4) is 0 Å². The minimum atomic E-state index is -0.763. The molecule has 78 heavy (non-hydrogen) atoms. The van der Waals surface area contributed by atoms with Crippen LogP contribution < -0.4 is 0 Å². The molecule has 0 aromatic rings. The second-order valence-electron chi connectivity index (χ2n) is 24.9. The molecule has 0 radical (unpaired) electrons. The molecule has 0 aromatic carbocycles. The normalized spacial score (nSPS) is 11.9. The highest BCUT2D eigenvalue weighted by atomic mass is 16.6. The predicted octanol–water partition coefficient (Wildman–Crippen LogP) is 24.6. The molecule has 1 unspecified atom stereocenters. The highest BCUT2D eigenvalue weighted by Gasteiger charge is 2.20. The van der Waals surface area contributed by atoms with Crippen LogP contribution in [-0.2, 0) is 28.6 Å². The Balaban J connectivity index is 4.24. The number of rotatable bonds is 68. The Bertz CT molecular complexity index is 1170. The summed E-state index contributed by atoms with van der Waals surface area (Å²) in [5.74, 6) is -0.817. The van der Waals surface area contributed by atoms with E-state index < -0.39 is 6.10 Å². The first-order valence-electron chi connectivity index (χ1n) is 36.0. The van der Waals surface area contributed by atoms with Gasteiger partial charge in [0, 0.05) is 19.3 Å². The molecule has 0 heterocycles. The number of esters is 3. The van der Waals surface area contributed by atoms with Crippen LogP contribution in [0.25, 0.3) is 0 Å². The second kappa shape index (κ2) is 67.9. The molecule has 1 atom stereocenters. The Labute approximate surface area is 488 Å². The van der Waals surface area contributed by atoms with Gasteiger partial charge in [0.25, 0.3) is 0 Å². The van der Waals surface area contributed by atoms with Crippen molar-refractivity contribution in [2.75, 3.05) is 13.2 Å². The van der Waals surface area contributed by atoms with E-state index in [0.717, 1.165) is 57.8 Å². The summed E-state index contributed by atoms with van der Waals surface area (Å²) in [7, 11) is 0. The maximum atomic E-state index is 13.0. The first-order chi connectivity index (χ1) is 38.5. The van der Waals surface area contributed by atoms with Gasteiger partial charge in [-0.15, -0.1) is 0 Å². The Morgan fingerprint density at radius 3 is 0.513 bits per heavy atom. The molecule has 0 N–H and O–H groups in total. The van der Waals surface area contributed by atoms with Crippen LogP contribution in [0.2, 0.25) is 0 Å². The number of ether oxygens (including phenoxy) is 3. The summed E-state index contributed by atoms with van der Waals surface area (Å²) in [6.45, 7) is 6.75.